The Kier molecular flexibility index (Phi) is 6.18. The van der Waals surface area contributed by atoms with Crippen molar-refractivity contribution in [2.24, 2.45) is 0 Å². The van der Waals surface area contributed by atoms with Crippen LogP contribution in [-0.4, -0.2) is 59.4 Å². The molecule has 26 heavy (non-hydrogen) atoms. The number of imide groups is 1. The van der Waals surface area contributed by atoms with E-state index in [0.29, 0.717) is 19.5 Å². The summed E-state index contributed by atoms with van der Waals surface area (Å²) in [5.41, 5.74) is 2.54. The van der Waals surface area contributed by atoms with Crippen LogP contribution in [0, 0.1) is 13.8 Å². The fourth-order valence-corrected chi connectivity index (χ4v) is 3.02. The van der Waals surface area contributed by atoms with Gasteiger partial charge in [-0.3, -0.25) is 19.5 Å². The number of hydrogen-bond acceptors (Lipinski definition) is 5. The van der Waals surface area contributed by atoms with E-state index < -0.39 is 12.1 Å². The summed E-state index contributed by atoms with van der Waals surface area (Å²) in [7, 11) is 3.26. The highest BCUT2D eigenvalue weighted by molar-refractivity contribution is 6.05. The van der Waals surface area contributed by atoms with Gasteiger partial charge in [-0.25, -0.2) is 4.79 Å². The van der Waals surface area contributed by atoms with Gasteiger partial charge in [0.15, 0.2) is 0 Å². The Labute approximate surface area is 153 Å². The van der Waals surface area contributed by atoms with E-state index >= 15 is 0 Å². The third kappa shape index (κ3) is 3.95. The lowest BCUT2D eigenvalue weighted by atomic mass is 10.1. The maximum absolute atomic E-state index is 12.5. The number of aromatic nitrogens is 1. The molecule has 2 rings (SSSR count). The van der Waals surface area contributed by atoms with Crippen molar-refractivity contribution in [1.82, 2.24) is 20.1 Å². The van der Waals surface area contributed by atoms with Crippen molar-refractivity contribution in [1.29, 1.82) is 0 Å². The number of nitrogens with one attached hydrogen (secondary N) is 1. The largest absolute Gasteiger partial charge is 0.496 e. The summed E-state index contributed by atoms with van der Waals surface area (Å²) < 4.78 is 5.39. The highest BCUT2D eigenvalue weighted by Gasteiger charge is 2.38. The van der Waals surface area contributed by atoms with Gasteiger partial charge < -0.3 is 15.0 Å². The zero-order chi connectivity index (χ0) is 19.4. The second kappa shape index (κ2) is 8.16. The molecule has 1 saturated heterocycles. The summed E-state index contributed by atoms with van der Waals surface area (Å²) in [5, 5.41) is 2.58. The van der Waals surface area contributed by atoms with Crippen LogP contribution in [0.15, 0.2) is 6.20 Å². The molecule has 1 fully saturated rings. The van der Waals surface area contributed by atoms with Gasteiger partial charge >= 0.3 is 6.03 Å². The number of hydrogen-bond donors (Lipinski definition) is 1. The van der Waals surface area contributed by atoms with E-state index in [1.165, 1.54) is 4.90 Å². The van der Waals surface area contributed by atoms with E-state index in [1.807, 2.05) is 20.8 Å². The van der Waals surface area contributed by atoms with Crippen LogP contribution in [0.5, 0.6) is 5.75 Å². The smallest absolute Gasteiger partial charge is 0.324 e. The molecule has 8 nitrogen and oxygen atoms in total. The molecule has 0 radical (unpaired) electrons. The van der Waals surface area contributed by atoms with Crippen LogP contribution < -0.4 is 10.1 Å². The van der Waals surface area contributed by atoms with E-state index in [1.54, 1.807) is 20.4 Å². The minimum atomic E-state index is -0.800. The molecule has 8 heteroatoms. The van der Waals surface area contributed by atoms with E-state index in [0.717, 1.165) is 27.5 Å². The van der Waals surface area contributed by atoms with Crippen LogP contribution in [0.1, 0.15) is 36.6 Å². The molecule has 0 spiro atoms. The van der Waals surface area contributed by atoms with Crippen LogP contribution in [0.4, 0.5) is 4.79 Å². The number of amides is 4. The quantitative estimate of drug-likeness (QED) is 0.740. The van der Waals surface area contributed by atoms with Gasteiger partial charge in [0.05, 0.1) is 25.8 Å². The zero-order valence-electron chi connectivity index (χ0n) is 16.0. The van der Waals surface area contributed by atoms with Gasteiger partial charge in [-0.1, -0.05) is 6.92 Å². The van der Waals surface area contributed by atoms with Crippen molar-refractivity contribution >= 4 is 17.8 Å². The fourth-order valence-electron chi connectivity index (χ4n) is 3.02. The van der Waals surface area contributed by atoms with Crippen molar-refractivity contribution in [2.75, 3.05) is 20.7 Å². The van der Waals surface area contributed by atoms with Crippen molar-refractivity contribution in [3.05, 3.63) is 23.0 Å². The molecule has 0 saturated carbocycles. The lowest BCUT2D eigenvalue weighted by molar-refractivity contribution is -0.135. The second-order valence-corrected chi connectivity index (χ2v) is 6.49. The Bertz CT molecular complexity index is 719. The molecule has 1 atom stereocenters. The van der Waals surface area contributed by atoms with Crippen LogP contribution >= 0.6 is 0 Å². The Balaban J connectivity index is 2.03. The minimum absolute atomic E-state index is 0.0661. The standard InChI is InChI=1S/C18H26N4O4/c1-6-7-22-17(24)13(20-18(22)25)8-15(23)21(4)10-14-12(3)16(26-5)11(2)9-19-14/h9,13H,6-8,10H2,1-5H3,(H,20,25)/t13-/m0/s1. The van der Waals surface area contributed by atoms with Crippen molar-refractivity contribution in [2.45, 2.75) is 46.2 Å². The molecule has 0 aromatic carbocycles. The molecule has 1 aromatic heterocycles. The summed E-state index contributed by atoms with van der Waals surface area (Å²) >= 11 is 0. The number of nitrogens with zero attached hydrogens (tertiary/aromatic N) is 3. The molecule has 0 aliphatic carbocycles. The topological polar surface area (TPSA) is 91.8 Å². The number of pyridine rings is 1. The highest BCUT2D eigenvalue weighted by atomic mass is 16.5. The number of rotatable bonds is 7. The Hall–Kier alpha value is -2.64. The monoisotopic (exact) mass is 362 g/mol. The minimum Gasteiger partial charge on any atom is -0.496 e. The molecule has 1 aromatic rings. The highest BCUT2D eigenvalue weighted by Crippen LogP contribution is 2.24. The average Bonchev–Trinajstić information content (AvgIpc) is 2.85. The van der Waals surface area contributed by atoms with Crippen LogP contribution in [0.25, 0.3) is 0 Å². The lowest BCUT2D eigenvalue weighted by Gasteiger charge is -2.20. The van der Waals surface area contributed by atoms with Crippen molar-refractivity contribution in [3.8, 4) is 5.75 Å². The summed E-state index contributed by atoms with van der Waals surface area (Å²) in [6.45, 7) is 6.36. The van der Waals surface area contributed by atoms with Crippen molar-refractivity contribution < 1.29 is 19.1 Å². The predicted octanol–water partition coefficient (Wildman–Crippen LogP) is 1.39. The number of ether oxygens (including phenoxy) is 1. The Morgan fingerprint density at radius 1 is 1.38 bits per heavy atom. The first-order valence-corrected chi connectivity index (χ1v) is 8.65. The van der Waals surface area contributed by atoms with Crippen LogP contribution in [0.3, 0.4) is 0 Å². The second-order valence-electron chi connectivity index (χ2n) is 6.49. The van der Waals surface area contributed by atoms with Crippen molar-refractivity contribution in [3.63, 3.8) is 0 Å². The number of carbonyl (C=O) groups excluding carboxylic acids is 3. The summed E-state index contributed by atoms with van der Waals surface area (Å²) in [4.78, 5) is 43.6. The normalized spacial score (nSPS) is 16.7. The van der Waals surface area contributed by atoms with E-state index in [-0.39, 0.29) is 18.2 Å². The van der Waals surface area contributed by atoms with Gasteiger partial charge in [0.2, 0.25) is 5.91 Å². The summed E-state index contributed by atoms with van der Waals surface area (Å²) in [6, 6.07) is -1.23. The molecule has 2 heterocycles. The zero-order valence-corrected chi connectivity index (χ0v) is 16.0. The number of urea groups is 1. The molecular formula is C18H26N4O4. The van der Waals surface area contributed by atoms with Gasteiger partial charge in [-0.05, 0) is 20.3 Å². The Morgan fingerprint density at radius 3 is 2.69 bits per heavy atom. The molecule has 1 aliphatic rings. The van der Waals surface area contributed by atoms with E-state index in [2.05, 4.69) is 10.3 Å². The van der Waals surface area contributed by atoms with Gasteiger partial charge in [0, 0.05) is 30.9 Å². The molecule has 1 aliphatic heterocycles. The average molecular weight is 362 g/mol. The first kappa shape index (κ1) is 19.7. The Morgan fingerprint density at radius 2 is 2.08 bits per heavy atom. The number of methoxy groups -OCH3 is 1. The lowest BCUT2D eigenvalue weighted by Crippen LogP contribution is -2.37. The van der Waals surface area contributed by atoms with Gasteiger partial charge in [0.1, 0.15) is 11.8 Å². The molecule has 1 N–H and O–H groups in total. The van der Waals surface area contributed by atoms with Gasteiger partial charge in [0.25, 0.3) is 5.91 Å². The van der Waals surface area contributed by atoms with Gasteiger partial charge in [-0.15, -0.1) is 0 Å². The summed E-state index contributed by atoms with van der Waals surface area (Å²) in [6.07, 6.45) is 2.33. The molecule has 142 valence electrons. The number of carbonyl (C=O) groups is 3. The molecule has 0 bridgehead atoms. The molecule has 0 unspecified atom stereocenters. The third-order valence-corrected chi connectivity index (χ3v) is 4.50. The molecular weight excluding hydrogens is 336 g/mol. The maximum Gasteiger partial charge on any atom is 0.324 e. The SMILES string of the molecule is CCCN1C(=O)N[C@@H](CC(=O)N(C)Cc2ncc(C)c(OC)c2C)C1=O. The summed E-state index contributed by atoms with van der Waals surface area (Å²) in [5.74, 6) is 0.178. The molecule has 4 amide bonds. The fraction of sp³-hybridized carbons (Fsp3) is 0.556. The first-order valence-electron chi connectivity index (χ1n) is 8.65. The maximum atomic E-state index is 12.5. The van der Waals surface area contributed by atoms with Crippen LogP contribution in [0.2, 0.25) is 0 Å². The van der Waals surface area contributed by atoms with Gasteiger partial charge in [-0.2, -0.15) is 0 Å². The van der Waals surface area contributed by atoms with E-state index in [4.69, 9.17) is 4.74 Å². The number of aryl methyl sites for hydroxylation is 1. The third-order valence-electron chi connectivity index (χ3n) is 4.50. The predicted molar refractivity (Wildman–Crippen MR) is 95.7 cm³/mol. The van der Waals surface area contributed by atoms with Crippen LogP contribution in [-0.2, 0) is 16.1 Å². The first-order chi connectivity index (χ1) is 12.3. The van der Waals surface area contributed by atoms with E-state index in [9.17, 15) is 14.4 Å².